The van der Waals surface area contributed by atoms with Crippen LogP contribution in [0.15, 0.2) is 12.7 Å². The van der Waals surface area contributed by atoms with E-state index >= 15 is 0 Å². The fourth-order valence-electron chi connectivity index (χ4n) is 7.30. The van der Waals surface area contributed by atoms with Crippen LogP contribution in [-0.4, -0.2) is 94.7 Å². The van der Waals surface area contributed by atoms with Gasteiger partial charge in [0, 0.05) is 17.8 Å². The van der Waals surface area contributed by atoms with Crippen molar-refractivity contribution < 1.29 is 52.0 Å². The van der Waals surface area contributed by atoms with Crippen LogP contribution in [0.25, 0.3) is 0 Å². The van der Waals surface area contributed by atoms with Crippen LogP contribution >= 0.6 is 0 Å². The minimum absolute atomic E-state index is 0. The Morgan fingerprint density at radius 1 is 1.24 bits per heavy atom. The highest BCUT2D eigenvalue weighted by molar-refractivity contribution is 5.92. The van der Waals surface area contributed by atoms with E-state index in [-0.39, 0.29) is 25.4 Å². The summed E-state index contributed by atoms with van der Waals surface area (Å²) in [6, 6.07) is 0. The van der Waals surface area contributed by atoms with Gasteiger partial charge in [0.15, 0.2) is 11.4 Å². The molecule has 0 radical (unpaired) electrons. The highest BCUT2D eigenvalue weighted by atomic mass is 35.5. The van der Waals surface area contributed by atoms with Gasteiger partial charge in [-0.2, -0.15) is 0 Å². The lowest BCUT2D eigenvalue weighted by Crippen LogP contribution is -3.07. The molecule has 0 spiro atoms. The number of ketones is 1. The second-order valence-electron chi connectivity index (χ2n) is 12.1. The fourth-order valence-corrected chi connectivity index (χ4v) is 7.30. The van der Waals surface area contributed by atoms with Crippen LogP contribution in [0.2, 0.25) is 0 Å². The van der Waals surface area contributed by atoms with Gasteiger partial charge in [0.05, 0.1) is 38.5 Å². The van der Waals surface area contributed by atoms with Crippen molar-refractivity contribution in [1.29, 1.82) is 0 Å². The summed E-state index contributed by atoms with van der Waals surface area (Å²) < 4.78 is 12.6. The van der Waals surface area contributed by atoms with Gasteiger partial charge in [-0.1, -0.05) is 26.8 Å². The topological polar surface area (TPSA) is 121 Å². The largest absolute Gasteiger partial charge is 1.00 e. The van der Waals surface area contributed by atoms with Crippen molar-refractivity contribution in [1.82, 2.24) is 0 Å². The summed E-state index contributed by atoms with van der Waals surface area (Å²) in [5.41, 5.74) is -6.74. The number of carbonyl (C=O) groups is 1. The standard InChI is InChI=1S/C25H43NO7.ClH/c1-9-22(4)12-17(29)25(31)23(5)16(28)10-11-21(2,3)19(23)18(30)20(24(25,6)33-22)32-14-15(27)13-26(7)8;/h9,15-16,18-20,27-28,30-31H,1,10-14H2,2-8H3;1H/t15?,16-,18-,19?,20-,22-,23-,24+,25-;/m0./s1. The maximum Gasteiger partial charge on any atom is 0.171 e. The van der Waals surface area contributed by atoms with Gasteiger partial charge in [0.25, 0.3) is 0 Å². The minimum Gasteiger partial charge on any atom is -1.00 e. The number of aliphatic hydroxyl groups excluding tert-OH is 3. The van der Waals surface area contributed by atoms with Crippen molar-refractivity contribution in [3.8, 4) is 0 Å². The van der Waals surface area contributed by atoms with Gasteiger partial charge >= 0.3 is 0 Å². The summed E-state index contributed by atoms with van der Waals surface area (Å²) in [5.74, 6) is -1.10. The molecular weight excluding hydrogens is 462 g/mol. The molecule has 198 valence electrons. The van der Waals surface area contributed by atoms with E-state index in [0.717, 1.165) is 4.90 Å². The van der Waals surface area contributed by atoms with Crippen molar-refractivity contribution in [3.05, 3.63) is 12.7 Å². The molecule has 1 heterocycles. The zero-order valence-electron chi connectivity index (χ0n) is 21.6. The molecule has 2 unspecified atom stereocenters. The van der Waals surface area contributed by atoms with Gasteiger partial charge in [-0.15, -0.1) is 6.58 Å². The Kier molecular flexibility index (Phi) is 8.18. The summed E-state index contributed by atoms with van der Waals surface area (Å²) >= 11 is 0. The molecule has 0 amide bonds. The average molecular weight is 506 g/mol. The number of rotatable bonds is 6. The molecule has 1 saturated heterocycles. The normalized spacial score (nSPS) is 46.8. The molecule has 8 nitrogen and oxygen atoms in total. The zero-order valence-corrected chi connectivity index (χ0v) is 22.4. The summed E-state index contributed by atoms with van der Waals surface area (Å²) in [4.78, 5) is 14.8. The van der Waals surface area contributed by atoms with Crippen molar-refractivity contribution in [3.63, 3.8) is 0 Å². The summed E-state index contributed by atoms with van der Waals surface area (Å²) in [6.45, 7) is 13.1. The van der Waals surface area contributed by atoms with Crippen molar-refractivity contribution in [2.75, 3.05) is 27.2 Å². The Bertz CT molecular complexity index is 793. The zero-order chi connectivity index (χ0) is 25.2. The molecular formula is C25H44ClNO7. The third-order valence-electron chi connectivity index (χ3n) is 8.84. The predicted molar refractivity (Wildman–Crippen MR) is 123 cm³/mol. The van der Waals surface area contributed by atoms with E-state index in [1.54, 1.807) is 20.8 Å². The third kappa shape index (κ3) is 4.08. The molecule has 2 saturated carbocycles. The van der Waals surface area contributed by atoms with Gasteiger partial charge in [-0.3, -0.25) is 4.79 Å². The van der Waals surface area contributed by atoms with Crippen molar-refractivity contribution >= 4 is 5.78 Å². The Morgan fingerprint density at radius 3 is 2.35 bits per heavy atom. The number of hydrogen-bond acceptors (Lipinski definition) is 7. The number of fused-ring (bicyclic) bond motifs is 3. The Balaban J connectivity index is 0.00000408. The molecule has 0 aromatic rings. The summed E-state index contributed by atoms with van der Waals surface area (Å²) in [5, 5.41) is 45.9. The Morgan fingerprint density at radius 2 is 1.82 bits per heavy atom. The number of nitrogens with one attached hydrogen (secondary N) is 1. The molecule has 9 atom stereocenters. The lowest BCUT2D eigenvalue weighted by Gasteiger charge is -2.71. The first-order valence-corrected chi connectivity index (χ1v) is 12.0. The van der Waals surface area contributed by atoms with Gasteiger partial charge in [0.1, 0.15) is 24.4 Å². The van der Waals surface area contributed by atoms with Gasteiger partial charge < -0.3 is 47.2 Å². The number of ether oxygens (including phenoxy) is 2. The van der Waals surface area contributed by atoms with Crippen LogP contribution in [0.1, 0.15) is 53.9 Å². The Hall–Kier alpha value is -0.580. The van der Waals surface area contributed by atoms with E-state index in [1.165, 1.54) is 6.08 Å². The monoisotopic (exact) mass is 505 g/mol. The van der Waals surface area contributed by atoms with Gasteiger partial charge in [0.2, 0.25) is 0 Å². The molecule has 1 aliphatic heterocycles. The van der Waals surface area contributed by atoms with E-state index in [2.05, 4.69) is 6.58 Å². The number of halogens is 1. The quantitative estimate of drug-likeness (QED) is 0.237. The van der Waals surface area contributed by atoms with Crippen molar-refractivity contribution in [2.45, 2.75) is 95.1 Å². The number of quaternary nitrogens is 1. The second-order valence-corrected chi connectivity index (χ2v) is 12.1. The van der Waals surface area contributed by atoms with Crippen LogP contribution in [0.4, 0.5) is 0 Å². The molecule has 0 aromatic carbocycles. The van der Waals surface area contributed by atoms with Gasteiger partial charge in [-0.05, 0) is 32.1 Å². The second kappa shape index (κ2) is 9.38. The lowest BCUT2D eigenvalue weighted by molar-refractivity contribution is -0.861. The van der Waals surface area contributed by atoms with Gasteiger partial charge in [-0.25, -0.2) is 0 Å². The number of Topliss-reactive ketones (excluding diaryl/α,β-unsaturated/α-hetero) is 1. The van der Waals surface area contributed by atoms with Crippen molar-refractivity contribution in [2.24, 2.45) is 16.7 Å². The highest BCUT2D eigenvalue weighted by Gasteiger charge is 2.80. The first-order chi connectivity index (χ1) is 15.0. The molecule has 2 aliphatic carbocycles. The Labute approximate surface area is 209 Å². The molecule has 34 heavy (non-hydrogen) atoms. The molecule has 0 bridgehead atoms. The van der Waals surface area contributed by atoms with Crippen LogP contribution in [0.5, 0.6) is 0 Å². The van der Waals surface area contributed by atoms with Crippen LogP contribution in [-0.2, 0) is 14.3 Å². The molecule has 9 heteroatoms. The molecule has 0 aromatic heterocycles. The van der Waals surface area contributed by atoms with Crippen LogP contribution < -0.4 is 17.3 Å². The predicted octanol–water partition coefficient (Wildman–Crippen LogP) is -3.52. The number of hydrogen-bond donors (Lipinski definition) is 5. The average Bonchev–Trinajstić information content (AvgIpc) is 2.67. The van der Waals surface area contributed by atoms with E-state index < -0.39 is 63.8 Å². The SMILES string of the molecule is C=C[C@@]1(C)CC(=O)[C@@]2(O)[C@](C)(O1)[C@@H](OCC(O)C[NH+](C)C)[C@@H](O)C1C(C)(C)CC[C@H](O)[C@@]12C.[Cl-]. The first-order valence-electron chi connectivity index (χ1n) is 12.0. The third-order valence-corrected chi connectivity index (χ3v) is 8.84. The minimum atomic E-state index is -2.12. The maximum atomic E-state index is 13.8. The van der Waals surface area contributed by atoms with E-state index in [9.17, 15) is 25.2 Å². The molecule has 3 rings (SSSR count). The van der Waals surface area contributed by atoms with Crippen LogP contribution in [0.3, 0.4) is 0 Å². The number of likely N-dealkylation sites (N-methyl/N-ethyl adjacent to an activating group) is 1. The number of carbonyl (C=O) groups excluding carboxylic acids is 1. The highest BCUT2D eigenvalue weighted by Crippen LogP contribution is 2.66. The molecule has 3 aliphatic rings. The maximum absolute atomic E-state index is 13.8. The van der Waals surface area contributed by atoms with E-state index in [0.29, 0.717) is 19.4 Å². The summed E-state index contributed by atoms with van der Waals surface area (Å²) in [7, 11) is 3.82. The first kappa shape index (κ1) is 29.6. The molecule has 3 fully saturated rings. The smallest absolute Gasteiger partial charge is 0.171 e. The lowest BCUT2D eigenvalue weighted by atomic mass is 9.40. The number of aliphatic hydroxyl groups is 4. The van der Waals surface area contributed by atoms with Crippen LogP contribution in [0, 0.1) is 16.7 Å². The van der Waals surface area contributed by atoms with E-state index in [4.69, 9.17) is 9.47 Å². The summed E-state index contributed by atoms with van der Waals surface area (Å²) in [6.07, 6.45) is -1.64. The molecule has 5 N–H and O–H groups in total. The van der Waals surface area contributed by atoms with E-state index in [1.807, 2.05) is 27.9 Å². The fraction of sp³-hybridized carbons (Fsp3) is 0.880.